The first-order valence-electron chi connectivity index (χ1n) is 7.80. The molecular weight excluding hydrogens is 300 g/mol. The van der Waals surface area contributed by atoms with Crippen LogP contribution in [-0.2, 0) is 6.54 Å². The fourth-order valence-corrected chi connectivity index (χ4v) is 2.30. The molecule has 0 amide bonds. The van der Waals surface area contributed by atoms with Crippen molar-refractivity contribution in [2.24, 2.45) is 0 Å². The van der Waals surface area contributed by atoms with Crippen LogP contribution in [0.3, 0.4) is 0 Å². The monoisotopic (exact) mass is 320 g/mol. The van der Waals surface area contributed by atoms with Gasteiger partial charge in [-0.1, -0.05) is 36.9 Å². The highest BCUT2D eigenvalue weighted by molar-refractivity contribution is 5.62. The van der Waals surface area contributed by atoms with E-state index in [1.807, 2.05) is 55.5 Å². The maximum atomic E-state index is 5.48. The van der Waals surface area contributed by atoms with Gasteiger partial charge in [0.15, 0.2) is 5.82 Å². The molecule has 0 bridgehead atoms. The topological polar surface area (TPSA) is 62.8 Å². The number of ether oxygens (including phenoxy) is 1. The zero-order valence-corrected chi connectivity index (χ0v) is 13.6. The van der Waals surface area contributed by atoms with Crippen molar-refractivity contribution in [3.05, 3.63) is 72.6 Å². The summed E-state index contributed by atoms with van der Waals surface area (Å²) in [6, 6.07) is 16.1. The number of aryl methyl sites for hydroxylation is 1. The highest BCUT2D eigenvalue weighted by Gasteiger charge is 2.04. The maximum Gasteiger partial charge on any atom is 0.181 e. The van der Waals surface area contributed by atoms with Crippen LogP contribution in [0, 0.1) is 6.92 Å². The molecular formula is C19H20N4O. The number of nitrogens with zero attached hydrogens (tertiary/aromatic N) is 2. The molecule has 0 spiro atoms. The zero-order valence-electron chi connectivity index (χ0n) is 13.6. The smallest absolute Gasteiger partial charge is 0.181 e. The minimum atomic E-state index is 0.519. The number of hydrogen-bond acceptors (Lipinski definition) is 4. The van der Waals surface area contributed by atoms with Crippen molar-refractivity contribution in [1.29, 1.82) is 0 Å². The maximum absolute atomic E-state index is 5.48. The van der Waals surface area contributed by atoms with E-state index in [2.05, 4.69) is 27.1 Å². The van der Waals surface area contributed by atoms with E-state index in [1.165, 1.54) is 5.56 Å². The summed E-state index contributed by atoms with van der Waals surface area (Å²) in [5, 5.41) is 10.5. The quantitative estimate of drug-likeness (QED) is 0.647. The Morgan fingerprint density at radius 3 is 2.75 bits per heavy atom. The van der Waals surface area contributed by atoms with E-state index in [0.29, 0.717) is 12.4 Å². The van der Waals surface area contributed by atoms with Crippen LogP contribution >= 0.6 is 0 Å². The van der Waals surface area contributed by atoms with Crippen molar-refractivity contribution >= 4 is 5.69 Å². The average Bonchev–Trinajstić information content (AvgIpc) is 3.06. The molecule has 5 heteroatoms. The van der Waals surface area contributed by atoms with E-state index in [1.54, 1.807) is 6.08 Å². The van der Waals surface area contributed by atoms with Gasteiger partial charge in [0.05, 0.1) is 0 Å². The molecule has 122 valence electrons. The van der Waals surface area contributed by atoms with Gasteiger partial charge >= 0.3 is 0 Å². The van der Waals surface area contributed by atoms with E-state index in [-0.39, 0.29) is 0 Å². The van der Waals surface area contributed by atoms with Crippen molar-refractivity contribution in [3.63, 3.8) is 0 Å². The van der Waals surface area contributed by atoms with Crippen LogP contribution in [0.1, 0.15) is 11.4 Å². The summed E-state index contributed by atoms with van der Waals surface area (Å²) in [7, 11) is 0. The largest absolute Gasteiger partial charge is 0.490 e. The number of benzene rings is 2. The van der Waals surface area contributed by atoms with E-state index < -0.39 is 0 Å². The Morgan fingerprint density at radius 1 is 1.21 bits per heavy atom. The summed E-state index contributed by atoms with van der Waals surface area (Å²) in [5.41, 5.74) is 3.19. The molecule has 2 aromatic carbocycles. The lowest BCUT2D eigenvalue weighted by Crippen LogP contribution is -2.00. The molecule has 0 aliphatic heterocycles. The van der Waals surface area contributed by atoms with Crippen LogP contribution in [0.25, 0.3) is 11.4 Å². The normalized spacial score (nSPS) is 10.4. The van der Waals surface area contributed by atoms with Crippen molar-refractivity contribution < 1.29 is 4.74 Å². The lowest BCUT2D eigenvalue weighted by molar-refractivity contribution is 0.363. The second-order valence-corrected chi connectivity index (χ2v) is 5.42. The van der Waals surface area contributed by atoms with Crippen molar-refractivity contribution in [2.75, 3.05) is 11.9 Å². The standard InChI is InChI=1S/C19H20N4O/c1-3-11-24-18-9-7-15(8-10-18)13-20-17-6-4-5-16(12-17)19-21-14(2)22-23-19/h3-10,12,20H,1,11,13H2,2H3,(H,21,22,23). The van der Waals surface area contributed by atoms with Gasteiger partial charge in [-0.3, -0.25) is 5.10 Å². The lowest BCUT2D eigenvalue weighted by Gasteiger charge is -2.09. The summed E-state index contributed by atoms with van der Waals surface area (Å²) >= 11 is 0. The van der Waals surface area contributed by atoms with Gasteiger partial charge in [-0.05, 0) is 36.8 Å². The predicted octanol–water partition coefficient (Wildman–Crippen LogP) is 3.96. The molecule has 2 N–H and O–H groups in total. The molecule has 1 aromatic heterocycles. The first kappa shape index (κ1) is 15.8. The van der Waals surface area contributed by atoms with Gasteiger partial charge in [-0.2, -0.15) is 5.10 Å². The third kappa shape index (κ3) is 4.01. The number of aromatic nitrogens is 3. The van der Waals surface area contributed by atoms with E-state index in [4.69, 9.17) is 4.74 Å². The van der Waals surface area contributed by atoms with Crippen LogP contribution in [0.4, 0.5) is 5.69 Å². The Hall–Kier alpha value is -3.08. The molecule has 3 aromatic rings. The van der Waals surface area contributed by atoms with Gasteiger partial charge in [-0.15, -0.1) is 0 Å². The molecule has 1 heterocycles. The molecule has 0 radical (unpaired) electrons. The van der Waals surface area contributed by atoms with E-state index in [9.17, 15) is 0 Å². The average molecular weight is 320 g/mol. The Morgan fingerprint density at radius 2 is 2.04 bits per heavy atom. The van der Waals surface area contributed by atoms with Crippen molar-refractivity contribution in [1.82, 2.24) is 15.2 Å². The highest BCUT2D eigenvalue weighted by Crippen LogP contribution is 2.20. The number of rotatable bonds is 7. The van der Waals surface area contributed by atoms with E-state index >= 15 is 0 Å². The first-order valence-corrected chi connectivity index (χ1v) is 7.80. The molecule has 0 saturated heterocycles. The van der Waals surface area contributed by atoms with Crippen LogP contribution in [0.5, 0.6) is 5.75 Å². The molecule has 0 unspecified atom stereocenters. The van der Waals surface area contributed by atoms with Crippen LogP contribution < -0.4 is 10.1 Å². The number of H-pyrrole nitrogens is 1. The Balaban J connectivity index is 1.63. The van der Waals surface area contributed by atoms with Crippen molar-refractivity contribution in [2.45, 2.75) is 13.5 Å². The fraction of sp³-hybridized carbons (Fsp3) is 0.158. The second-order valence-electron chi connectivity index (χ2n) is 5.42. The highest BCUT2D eigenvalue weighted by atomic mass is 16.5. The van der Waals surface area contributed by atoms with Crippen LogP contribution in [-0.4, -0.2) is 21.8 Å². The van der Waals surface area contributed by atoms with Gasteiger partial charge in [-0.25, -0.2) is 4.98 Å². The van der Waals surface area contributed by atoms with Gasteiger partial charge in [0.25, 0.3) is 0 Å². The molecule has 0 aliphatic rings. The number of anilines is 1. The number of hydrogen-bond donors (Lipinski definition) is 2. The molecule has 0 aliphatic carbocycles. The molecule has 5 nitrogen and oxygen atoms in total. The third-order valence-electron chi connectivity index (χ3n) is 3.51. The molecule has 0 atom stereocenters. The SMILES string of the molecule is C=CCOc1ccc(CNc2cccc(-c3n[nH]c(C)n3)c2)cc1. The molecule has 0 saturated carbocycles. The van der Waals surface area contributed by atoms with Crippen LogP contribution in [0.2, 0.25) is 0 Å². The molecule has 0 fully saturated rings. The van der Waals surface area contributed by atoms with Crippen molar-refractivity contribution in [3.8, 4) is 17.1 Å². The molecule has 24 heavy (non-hydrogen) atoms. The summed E-state index contributed by atoms with van der Waals surface area (Å²) in [4.78, 5) is 4.36. The summed E-state index contributed by atoms with van der Waals surface area (Å²) in [5.74, 6) is 2.36. The number of nitrogens with one attached hydrogen (secondary N) is 2. The lowest BCUT2D eigenvalue weighted by atomic mass is 10.1. The zero-order chi connectivity index (χ0) is 16.8. The van der Waals surface area contributed by atoms with Gasteiger partial charge in [0.2, 0.25) is 0 Å². The second kappa shape index (κ2) is 7.46. The van der Waals surface area contributed by atoms with Gasteiger partial charge in [0.1, 0.15) is 18.2 Å². The minimum absolute atomic E-state index is 0.519. The fourth-order valence-electron chi connectivity index (χ4n) is 2.30. The Bertz CT molecular complexity index is 808. The third-order valence-corrected chi connectivity index (χ3v) is 3.51. The Kier molecular flexibility index (Phi) is 4.91. The number of aromatic amines is 1. The van der Waals surface area contributed by atoms with E-state index in [0.717, 1.165) is 29.4 Å². The summed E-state index contributed by atoms with van der Waals surface area (Å²) < 4.78 is 5.48. The summed E-state index contributed by atoms with van der Waals surface area (Å²) in [6.45, 7) is 6.78. The predicted molar refractivity (Wildman–Crippen MR) is 96.0 cm³/mol. The Labute approximate surface area is 141 Å². The molecule has 3 rings (SSSR count). The van der Waals surface area contributed by atoms with Crippen LogP contribution in [0.15, 0.2) is 61.2 Å². The first-order chi connectivity index (χ1) is 11.7. The van der Waals surface area contributed by atoms with Gasteiger partial charge in [0, 0.05) is 17.8 Å². The summed E-state index contributed by atoms with van der Waals surface area (Å²) in [6.07, 6.45) is 1.73. The minimum Gasteiger partial charge on any atom is -0.490 e. The van der Waals surface area contributed by atoms with Gasteiger partial charge < -0.3 is 10.1 Å².